The Morgan fingerprint density at radius 3 is 2.50 bits per heavy atom. The van der Waals surface area contributed by atoms with E-state index in [0.717, 1.165) is 18.4 Å². The molecule has 1 aliphatic carbocycles. The number of fused-ring (bicyclic) bond motifs is 1. The molecular weight excluding hydrogens is 548 g/mol. The molecule has 8 nitrogen and oxygen atoms in total. The second-order valence-electron chi connectivity index (χ2n) is 12.0. The van der Waals surface area contributed by atoms with Crippen LogP contribution in [0.3, 0.4) is 0 Å². The number of nitriles is 1. The number of aromatic amines is 1. The highest BCUT2D eigenvalue weighted by molar-refractivity contribution is 8.04. The molecular formula is C33H40N4O4S. The lowest BCUT2D eigenvalue weighted by atomic mass is 9.91. The van der Waals surface area contributed by atoms with Gasteiger partial charge in [0, 0.05) is 34.5 Å². The van der Waals surface area contributed by atoms with Crippen LogP contribution in [0, 0.1) is 23.5 Å². The molecule has 0 bridgehead atoms. The summed E-state index contributed by atoms with van der Waals surface area (Å²) in [6.45, 7) is 7.94. The summed E-state index contributed by atoms with van der Waals surface area (Å²) >= 11 is 1.43. The lowest BCUT2D eigenvalue weighted by molar-refractivity contribution is -0.164. The topological polar surface area (TPSA) is 118 Å². The number of H-pyrrole nitrogens is 1. The molecule has 222 valence electrons. The van der Waals surface area contributed by atoms with Crippen LogP contribution >= 0.6 is 11.8 Å². The van der Waals surface area contributed by atoms with E-state index in [1.807, 2.05) is 0 Å². The van der Waals surface area contributed by atoms with Crippen molar-refractivity contribution in [3.63, 3.8) is 0 Å². The molecule has 42 heavy (non-hydrogen) atoms. The number of nitrogens with one attached hydrogen (secondary N) is 2. The molecule has 3 fully saturated rings. The Balaban J connectivity index is 0.000000189. The Hall–Kier alpha value is -3.32. The molecule has 1 amide bonds. The zero-order valence-corrected chi connectivity index (χ0v) is 25.2. The monoisotopic (exact) mass is 588 g/mol. The molecule has 6 rings (SSSR count). The van der Waals surface area contributed by atoms with Crippen molar-refractivity contribution < 1.29 is 19.4 Å². The van der Waals surface area contributed by atoms with E-state index in [0.29, 0.717) is 10.8 Å². The number of hydrogen-bond acceptors (Lipinski definition) is 6. The molecule has 0 spiro atoms. The quantitative estimate of drug-likeness (QED) is 0.269. The number of aromatic nitrogens is 1. The first-order valence-electron chi connectivity index (χ1n) is 14.8. The minimum absolute atomic E-state index is 0.0148. The van der Waals surface area contributed by atoms with E-state index in [1.54, 1.807) is 41.5 Å². The van der Waals surface area contributed by atoms with Gasteiger partial charge in [-0.15, -0.1) is 0 Å². The summed E-state index contributed by atoms with van der Waals surface area (Å²) in [6.07, 6.45) is 8.55. The summed E-state index contributed by atoms with van der Waals surface area (Å²) in [5.74, 6) is 0.119. The first kappa shape index (κ1) is 30.1. The van der Waals surface area contributed by atoms with Gasteiger partial charge in [-0.2, -0.15) is 5.26 Å². The first-order chi connectivity index (χ1) is 20.3. The van der Waals surface area contributed by atoms with Crippen molar-refractivity contribution in [1.29, 1.82) is 5.26 Å². The SMILES string of the molecule is Cc1cc(C2CC2)c(CN2CCC(CC(C)SC#N)CC2)c2cc[nH]c12.O=C(NC1(C(=O)O)COC1)c1ccccc1. The molecule has 1 unspecified atom stereocenters. The predicted octanol–water partition coefficient (Wildman–Crippen LogP) is 5.83. The van der Waals surface area contributed by atoms with Crippen molar-refractivity contribution in [2.45, 2.75) is 69.2 Å². The van der Waals surface area contributed by atoms with Crippen LogP contribution in [0.15, 0.2) is 48.7 Å². The fourth-order valence-corrected chi connectivity index (χ4v) is 6.62. The van der Waals surface area contributed by atoms with Gasteiger partial charge in [0.25, 0.3) is 5.91 Å². The number of carboxylic acids is 1. The number of aliphatic carboxylic acids is 1. The smallest absolute Gasteiger partial charge is 0.334 e. The van der Waals surface area contributed by atoms with Crippen molar-refractivity contribution in [3.8, 4) is 5.40 Å². The number of nitrogens with zero attached hydrogens (tertiary/aromatic N) is 2. The van der Waals surface area contributed by atoms with E-state index >= 15 is 0 Å². The highest BCUT2D eigenvalue weighted by Crippen LogP contribution is 2.44. The van der Waals surface area contributed by atoms with Crippen molar-refractivity contribution in [1.82, 2.24) is 15.2 Å². The Labute approximate surface area is 251 Å². The zero-order valence-electron chi connectivity index (χ0n) is 24.4. The van der Waals surface area contributed by atoms with E-state index in [4.69, 9.17) is 15.1 Å². The molecule has 1 saturated carbocycles. The Bertz CT molecular complexity index is 1430. The minimum Gasteiger partial charge on any atom is -0.479 e. The average Bonchev–Trinajstić information content (AvgIpc) is 3.69. The fourth-order valence-electron chi connectivity index (χ4n) is 6.08. The highest BCUT2D eigenvalue weighted by Gasteiger charge is 2.47. The number of hydrogen-bond donors (Lipinski definition) is 3. The van der Waals surface area contributed by atoms with E-state index < -0.39 is 17.4 Å². The standard InChI is InChI=1S/C22H29N3S.C11H11NO4/c1-15-11-20(18-3-4-18)21(19-5-8-24-22(15)19)13-25-9-6-17(7-10-25)12-16(2)26-14-23;13-9(8-4-2-1-3-5-8)12-11(10(14)15)6-16-7-11/h5,8,11,16-18,24H,3-4,6-7,9-10,12-13H2,1-2H3;1-5H,6-7H2,(H,12,13)(H,14,15). The number of rotatable bonds is 9. The minimum atomic E-state index is -1.26. The van der Waals surface area contributed by atoms with E-state index in [1.165, 1.54) is 73.4 Å². The number of piperidine rings is 1. The maximum Gasteiger partial charge on any atom is 0.334 e. The van der Waals surface area contributed by atoms with Crippen LogP contribution in [0.5, 0.6) is 0 Å². The molecule has 9 heteroatoms. The second-order valence-corrected chi connectivity index (χ2v) is 13.2. The van der Waals surface area contributed by atoms with Crippen LogP contribution in [0.25, 0.3) is 10.9 Å². The van der Waals surface area contributed by atoms with Crippen molar-refractivity contribution in [3.05, 3.63) is 70.9 Å². The maximum atomic E-state index is 11.7. The molecule has 1 aromatic heterocycles. The van der Waals surface area contributed by atoms with Crippen LogP contribution in [-0.4, -0.2) is 64.0 Å². The molecule has 0 radical (unpaired) electrons. The van der Waals surface area contributed by atoms with Crippen LogP contribution in [-0.2, 0) is 16.1 Å². The zero-order chi connectivity index (χ0) is 29.7. The average molecular weight is 589 g/mol. The predicted molar refractivity (Wildman–Crippen MR) is 165 cm³/mol. The van der Waals surface area contributed by atoms with Gasteiger partial charge in [0.15, 0.2) is 5.54 Å². The van der Waals surface area contributed by atoms with Gasteiger partial charge in [-0.05, 0) is 111 Å². The summed E-state index contributed by atoms with van der Waals surface area (Å²) in [7, 11) is 0. The third kappa shape index (κ3) is 7.00. The van der Waals surface area contributed by atoms with E-state index in [9.17, 15) is 9.59 Å². The lowest BCUT2D eigenvalue weighted by Crippen LogP contribution is -2.67. The van der Waals surface area contributed by atoms with Gasteiger partial charge in [0.05, 0.1) is 13.2 Å². The summed E-state index contributed by atoms with van der Waals surface area (Å²) in [4.78, 5) is 28.8. The van der Waals surface area contributed by atoms with E-state index in [2.05, 4.69) is 52.8 Å². The lowest BCUT2D eigenvalue weighted by Gasteiger charge is -2.37. The third-order valence-corrected chi connectivity index (χ3v) is 9.41. The Morgan fingerprint density at radius 2 is 1.90 bits per heavy atom. The molecule has 2 aliphatic heterocycles. The van der Waals surface area contributed by atoms with Crippen molar-refractivity contribution >= 4 is 34.5 Å². The van der Waals surface area contributed by atoms with Crippen molar-refractivity contribution in [2.75, 3.05) is 26.3 Å². The Morgan fingerprint density at radius 1 is 1.19 bits per heavy atom. The first-order valence-corrected chi connectivity index (χ1v) is 15.7. The largest absolute Gasteiger partial charge is 0.479 e. The second kappa shape index (κ2) is 13.3. The van der Waals surface area contributed by atoms with Crippen molar-refractivity contribution in [2.24, 2.45) is 5.92 Å². The van der Waals surface area contributed by atoms with Crippen LogP contribution in [0.2, 0.25) is 0 Å². The van der Waals surface area contributed by atoms with Gasteiger partial charge in [0.1, 0.15) is 5.40 Å². The summed E-state index contributed by atoms with van der Waals surface area (Å²) in [5, 5.41) is 24.5. The van der Waals surface area contributed by atoms with E-state index in [-0.39, 0.29) is 13.2 Å². The third-order valence-electron chi connectivity index (χ3n) is 8.71. The van der Waals surface area contributed by atoms with Crippen LogP contribution in [0.4, 0.5) is 0 Å². The molecule has 2 aromatic carbocycles. The van der Waals surface area contributed by atoms with Gasteiger partial charge in [-0.25, -0.2) is 4.79 Å². The number of aryl methyl sites for hydroxylation is 1. The maximum absolute atomic E-state index is 11.7. The van der Waals surface area contributed by atoms with Gasteiger partial charge >= 0.3 is 5.97 Å². The van der Waals surface area contributed by atoms with Gasteiger partial charge in [-0.3, -0.25) is 9.69 Å². The number of ether oxygens (including phenoxy) is 1. The number of carboxylic acid groups (broad SMARTS) is 1. The van der Waals surface area contributed by atoms with Gasteiger partial charge in [-0.1, -0.05) is 31.2 Å². The van der Waals surface area contributed by atoms with Crippen LogP contribution < -0.4 is 5.32 Å². The number of likely N-dealkylation sites (tertiary alicyclic amines) is 1. The number of thiocyanates is 1. The fraction of sp³-hybridized carbons (Fsp3) is 0.485. The summed E-state index contributed by atoms with van der Waals surface area (Å²) in [5.41, 5.74) is 5.07. The van der Waals surface area contributed by atoms with Gasteiger partial charge in [0.2, 0.25) is 0 Å². The molecule has 3 aromatic rings. The van der Waals surface area contributed by atoms with Crippen LogP contribution in [0.1, 0.15) is 72.0 Å². The summed E-state index contributed by atoms with van der Waals surface area (Å²) in [6, 6.07) is 13.2. The normalized spacial score (nSPS) is 19.2. The highest BCUT2D eigenvalue weighted by atomic mass is 32.2. The molecule has 3 N–H and O–H groups in total. The molecule has 2 saturated heterocycles. The number of thioether (sulfide) groups is 1. The molecule has 3 aliphatic rings. The summed E-state index contributed by atoms with van der Waals surface area (Å²) < 4.78 is 4.84. The van der Waals surface area contributed by atoms with Gasteiger partial charge < -0.3 is 20.1 Å². The number of benzene rings is 2. The Kier molecular flexibility index (Phi) is 9.57. The number of carbonyl (C=O) groups is 2. The molecule has 3 heterocycles. The molecule has 1 atom stereocenters. The number of amides is 1. The number of carbonyl (C=O) groups excluding carboxylic acids is 1.